The molecule has 1 heterocycles. The normalized spacial score (nSPS) is 21.7. The Labute approximate surface area is 91.4 Å². The highest BCUT2D eigenvalue weighted by Crippen LogP contribution is 2.12. The summed E-state index contributed by atoms with van der Waals surface area (Å²) in [5.41, 5.74) is -0.223. The molecule has 4 heteroatoms. The summed E-state index contributed by atoms with van der Waals surface area (Å²) in [6, 6.07) is 0.349. The van der Waals surface area contributed by atoms with Crippen molar-refractivity contribution in [2.75, 3.05) is 19.7 Å². The van der Waals surface area contributed by atoms with Crippen LogP contribution in [0.25, 0.3) is 0 Å². The minimum Gasteiger partial charge on any atom is -0.396 e. The molecule has 0 spiro atoms. The highest BCUT2D eigenvalue weighted by molar-refractivity contribution is 5.76. The van der Waals surface area contributed by atoms with E-state index < -0.39 is 0 Å². The van der Waals surface area contributed by atoms with E-state index in [0.717, 1.165) is 13.0 Å². The lowest BCUT2D eigenvalue weighted by atomic mass is 9.95. The van der Waals surface area contributed by atoms with Gasteiger partial charge in [0, 0.05) is 31.0 Å². The molecule has 4 nitrogen and oxygen atoms in total. The van der Waals surface area contributed by atoms with Crippen molar-refractivity contribution in [2.24, 2.45) is 5.41 Å². The van der Waals surface area contributed by atoms with E-state index in [-0.39, 0.29) is 17.9 Å². The van der Waals surface area contributed by atoms with Crippen LogP contribution in [0.2, 0.25) is 0 Å². The van der Waals surface area contributed by atoms with Crippen molar-refractivity contribution in [1.29, 1.82) is 0 Å². The lowest BCUT2D eigenvalue weighted by molar-refractivity contribution is -0.122. The molecule has 88 valence electrons. The van der Waals surface area contributed by atoms with Crippen molar-refractivity contribution in [3.63, 3.8) is 0 Å². The van der Waals surface area contributed by atoms with Crippen LogP contribution >= 0.6 is 0 Å². The van der Waals surface area contributed by atoms with Crippen LogP contribution in [-0.2, 0) is 4.79 Å². The first-order chi connectivity index (χ1) is 7.03. The Kier molecular flexibility index (Phi) is 4.54. The molecular weight excluding hydrogens is 192 g/mol. The first kappa shape index (κ1) is 12.5. The van der Waals surface area contributed by atoms with Gasteiger partial charge in [-0.1, -0.05) is 13.8 Å². The molecule has 3 N–H and O–H groups in total. The van der Waals surface area contributed by atoms with Gasteiger partial charge in [0.25, 0.3) is 0 Å². The van der Waals surface area contributed by atoms with E-state index in [0.29, 0.717) is 19.0 Å². The maximum absolute atomic E-state index is 11.5. The first-order valence-corrected chi connectivity index (χ1v) is 5.64. The van der Waals surface area contributed by atoms with Crippen molar-refractivity contribution in [1.82, 2.24) is 10.6 Å². The molecule has 1 aliphatic rings. The fraction of sp³-hybridized carbons (Fsp3) is 0.909. The summed E-state index contributed by atoms with van der Waals surface area (Å²) in [5.74, 6) is 0.0796. The molecule has 0 radical (unpaired) electrons. The Balaban J connectivity index is 2.18. The van der Waals surface area contributed by atoms with Crippen LogP contribution in [0.1, 0.15) is 33.1 Å². The molecule has 1 rings (SSSR count). The number of nitrogens with one attached hydrogen (secondary N) is 2. The van der Waals surface area contributed by atoms with E-state index in [1.54, 1.807) is 0 Å². The lowest BCUT2D eigenvalue weighted by Crippen LogP contribution is -2.38. The molecule has 15 heavy (non-hydrogen) atoms. The number of hydrogen-bond donors (Lipinski definition) is 3. The van der Waals surface area contributed by atoms with Gasteiger partial charge in [0.1, 0.15) is 0 Å². The van der Waals surface area contributed by atoms with Gasteiger partial charge in [-0.05, 0) is 19.4 Å². The van der Waals surface area contributed by atoms with E-state index in [4.69, 9.17) is 5.11 Å². The summed E-state index contributed by atoms with van der Waals surface area (Å²) in [6.07, 6.45) is 2.82. The zero-order chi connectivity index (χ0) is 11.3. The molecule has 1 atom stereocenters. The largest absolute Gasteiger partial charge is 0.396 e. The molecule has 0 saturated carbocycles. The zero-order valence-corrected chi connectivity index (χ0v) is 9.68. The van der Waals surface area contributed by atoms with Gasteiger partial charge in [-0.25, -0.2) is 0 Å². The highest BCUT2D eigenvalue weighted by atomic mass is 16.3. The second-order valence-corrected chi connectivity index (χ2v) is 5.10. The Morgan fingerprint density at radius 3 is 2.87 bits per heavy atom. The SMILES string of the molecule is CC(C)(CO)CNC(=O)CC1CCCN1. The molecule has 1 saturated heterocycles. The number of aliphatic hydroxyl groups excluding tert-OH is 1. The third-order valence-corrected chi connectivity index (χ3v) is 2.79. The maximum Gasteiger partial charge on any atom is 0.221 e. The summed E-state index contributed by atoms with van der Waals surface area (Å²) in [5, 5.41) is 15.2. The van der Waals surface area contributed by atoms with Crippen molar-refractivity contribution in [3.8, 4) is 0 Å². The Morgan fingerprint density at radius 2 is 2.33 bits per heavy atom. The van der Waals surface area contributed by atoms with Crippen LogP contribution < -0.4 is 10.6 Å². The van der Waals surface area contributed by atoms with Gasteiger partial charge in [0.15, 0.2) is 0 Å². The summed E-state index contributed by atoms with van der Waals surface area (Å²) in [7, 11) is 0. The molecular formula is C11H22N2O2. The number of amides is 1. The molecule has 1 unspecified atom stereocenters. The summed E-state index contributed by atoms with van der Waals surface area (Å²) < 4.78 is 0. The van der Waals surface area contributed by atoms with Crippen LogP contribution in [0.4, 0.5) is 0 Å². The number of carbonyl (C=O) groups is 1. The molecule has 0 aliphatic carbocycles. The second kappa shape index (κ2) is 5.47. The predicted molar refractivity (Wildman–Crippen MR) is 59.5 cm³/mol. The average molecular weight is 214 g/mol. The molecule has 0 aromatic rings. The van der Waals surface area contributed by atoms with Gasteiger partial charge in [-0.3, -0.25) is 4.79 Å². The van der Waals surface area contributed by atoms with Crippen LogP contribution in [0, 0.1) is 5.41 Å². The zero-order valence-electron chi connectivity index (χ0n) is 9.68. The minimum atomic E-state index is -0.223. The average Bonchev–Trinajstić information content (AvgIpc) is 2.68. The van der Waals surface area contributed by atoms with Crippen molar-refractivity contribution in [3.05, 3.63) is 0 Å². The lowest BCUT2D eigenvalue weighted by Gasteiger charge is -2.22. The first-order valence-electron chi connectivity index (χ1n) is 5.64. The van der Waals surface area contributed by atoms with E-state index >= 15 is 0 Å². The summed E-state index contributed by atoms with van der Waals surface area (Å²) in [6.45, 7) is 5.52. The van der Waals surface area contributed by atoms with E-state index in [1.807, 2.05) is 13.8 Å². The fourth-order valence-electron chi connectivity index (χ4n) is 1.62. The van der Waals surface area contributed by atoms with Crippen LogP contribution in [0.5, 0.6) is 0 Å². The third-order valence-electron chi connectivity index (χ3n) is 2.79. The number of aliphatic hydroxyl groups is 1. The monoisotopic (exact) mass is 214 g/mol. The van der Waals surface area contributed by atoms with E-state index in [1.165, 1.54) is 6.42 Å². The van der Waals surface area contributed by atoms with Gasteiger partial charge < -0.3 is 15.7 Å². The molecule has 1 aliphatic heterocycles. The van der Waals surface area contributed by atoms with Crippen LogP contribution in [0.3, 0.4) is 0 Å². The topological polar surface area (TPSA) is 61.4 Å². The van der Waals surface area contributed by atoms with Gasteiger partial charge in [-0.2, -0.15) is 0 Å². The molecule has 0 aromatic heterocycles. The van der Waals surface area contributed by atoms with E-state index in [2.05, 4.69) is 10.6 Å². The minimum absolute atomic E-state index is 0.0796. The molecule has 1 fully saturated rings. The molecule has 0 aromatic carbocycles. The highest BCUT2D eigenvalue weighted by Gasteiger charge is 2.20. The van der Waals surface area contributed by atoms with Crippen molar-refractivity contribution < 1.29 is 9.90 Å². The Bertz CT molecular complexity index is 211. The Hall–Kier alpha value is -0.610. The van der Waals surface area contributed by atoms with Crippen molar-refractivity contribution in [2.45, 2.75) is 39.2 Å². The van der Waals surface area contributed by atoms with Gasteiger partial charge in [-0.15, -0.1) is 0 Å². The molecule has 0 bridgehead atoms. The molecule has 1 amide bonds. The van der Waals surface area contributed by atoms with Gasteiger partial charge in [0.05, 0.1) is 0 Å². The van der Waals surface area contributed by atoms with Gasteiger partial charge >= 0.3 is 0 Å². The Morgan fingerprint density at radius 1 is 1.60 bits per heavy atom. The van der Waals surface area contributed by atoms with Crippen LogP contribution in [0.15, 0.2) is 0 Å². The number of carbonyl (C=O) groups excluding carboxylic acids is 1. The van der Waals surface area contributed by atoms with Crippen molar-refractivity contribution >= 4 is 5.91 Å². The second-order valence-electron chi connectivity index (χ2n) is 5.10. The van der Waals surface area contributed by atoms with Gasteiger partial charge in [0.2, 0.25) is 5.91 Å². The predicted octanol–water partition coefficient (Wildman–Crippen LogP) is 0.263. The standard InChI is InChI=1S/C11H22N2O2/c1-11(2,8-14)7-13-10(15)6-9-4-3-5-12-9/h9,12,14H,3-8H2,1-2H3,(H,13,15). The summed E-state index contributed by atoms with van der Waals surface area (Å²) in [4.78, 5) is 11.5. The maximum atomic E-state index is 11.5. The van der Waals surface area contributed by atoms with Crippen LogP contribution in [-0.4, -0.2) is 36.8 Å². The van der Waals surface area contributed by atoms with E-state index in [9.17, 15) is 4.79 Å². The quantitative estimate of drug-likeness (QED) is 0.615. The third kappa shape index (κ3) is 4.62. The fourth-order valence-corrected chi connectivity index (χ4v) is 1.62. The number of hydrogen-bond acceptors (Lipinski definition) is 3. The summed E-state index contributed by atoms with van der Waals surface area (Å²) >= 11 is 0. The smallest absolute Gasteiger partial charge is 0.221 e. The number of rotatable bonds is 5.